The summed E-state index contributed by atoms with van der Waals surface area (Å²) < 4.78 is 34.8. The van der Waals surface area contributed by atoms with Gasteiger partial charge < -0.3 is 21.4 Å². The summed E-state index contributed by atoms with van der Waals surface area (Å²) in [4.78, 5) is 11.0. The average Bonchev–Trinajstić information content (AvgIpc) is 2.91. The van der Waals surface area contributed by atoms with Crippen molar-refractivity contribution in [3.63, 3.8) is 0 Å². The zero-order valence-corrected chi connectivity index (χ0v) is 24.8. The van der Waals surface area contributed by atoms with Gasteiger partial charge in [0, 0.05) is 12.5 Å². The Morgan fingerprint density at radius 3 is 1.51 bits per heavy atom. The molecule has 0 saturated heterocycles. The molecule has 0 aliphatic heterocycles. The van der Waals surface area contributed by atoms with Gasteiger partial charge in [0.05, 0.1) is 6.10 Å². The molecule has 0 amide bonds. The number of carbonyl (C=O) groups excluding carboxylic acids is 1. The average molecular weight is 567 g/mol. The van der Waals surface area contributed by atoms with Crippen LogP contribution in [0.25, 0.3) is 0 Å². The number of rotatable bonds is 10. The van der Waals surface area contributed by atoms with Gasteiger partial charge in [-0.15, -0.1) is 0 Å². The van der Waals surface area contributed by atoms with E-state index in [4.69, 9.17) is 23.1 Å². The molecule has 0 aliphatic rings. The first kappa shape index (κ1) is 41.9. The van der Waals surface area contributed by atoms with Crippen LogP contribution in [-0.4, -0.2) is 27.5 Å². The summed E-state index contributed by atoms with van der Waals surface area (Å²) in [7, 11) is -2.58. The van der Waals surface area contributed by atoms with Gasteiger partial charge in [-0.2, -0.15) is 0 Å². The first-order valence-electron chi connectivity index (χ1n) is 11.2. The number of hydrogen-bond acceptors (Lipinski definition) is 3. The van der Waals surface area contributed by atoms with E-state index in [0.717, 1.165) is 6.42 Å². The third kappa shape index (κ3) is 11.8. The van der Waals surface area contributed by atoms with Crippen molar-refractivity contribution in [2.45, 2.75) is 59.1 Å². The van der Waals surface area contributed by atoms with Crippen LogP contribution < -0.4 is 10.4 Å². The molecule has 0 heterocycles. The zero-order chi connectivity index (χ0) is 27.5. The van der Waals surface area contributed by atoms with E-state index in [1.807, 2.05) is 12.1 Å². The Morgan fingerprint density at radius 2 is 1.22 bits per heavy atom. The molecule has 1 unspecified atom stereocenters. The molecule has 37 heavy (non-hydrogen) atoms. The van der Waals surface area contributed by atoms with Gasteiger partial charge in [-0.1, -0.05) is 115 Å². The summed E-state index contributed by atoms with van der Waals surface area (Å²) in [5.74, 6) is 0.335. The van der Waals surface area contributed by atoms with Gasteiger partial charge in [-0.05, 0) is 21.3 Å². The third-order valence-corrected chi connectivity index (χ3v) is 10.9. The number of hydrogen-bond donors (Lipinski definition) is 0. The van der Waals surface area contributed by atoms with Crippen molar-refractivity contribution >= 4 is 25.2 Å². The third-order valence-electron chi connectivity index (χ3n) is 5.93. The van der Waals surface area contributed by atoms with Crippen LogP contribution in [0.4, 0.5) is 0 Å². The molecule has 0 N–H and O–H groups in total. The van der Waals surface area contributed by atoms with Crippen molar-refractivity contribution in [3.05, 3.63) is 88.0 Å². The van der Waals surface area contributed by atoms with Crippen molar-refractivity contribution in [1.29, 1.82) is 0 Å². The maximum absolute atomic E-state index is 11.0. The first-order chi connectivity index (χ1) is 16.8. The van der Waals surface area contributed by atoms with E-state index in [-0.39, 0.29) is 47.5 Å². The van der Waals surface area contributed by atoms with E-state index in [1.54, 1.807) is 6.47 Å². The Labute approximate surface area is 235 Å². The molecule has 6 nitrogen and oxygen atoms in total. The van der Waals surface area contributed by atoms with Crippen LogP contribution in [0.2, 0.25) is 5.04 Å². The van der Waals surface area contributed by atoms with Crippen LogP contribution >= 0.6 is 0 Å². The Balaban J connectivity index is -0.000000633. The fraction of sp³-hybridized carbons (Fsp3) is 0.414. The van der Waals surface area contributed by atoms with Gasteiger partial charge in [-0.25, -0.2) is 0 Å². The van der Waals surface area contributed by atoms with Crippen molar-refractivity contribution < 1.29 is 45.0 Å². The number of benzene rings is 2. The van der Waals surface area contributed by atoms with E-state index < -0.39 is 8.32 Å². The maximum Gasteiger partial charge on any atom is 2.00 e. The van der Waals surface area contributed by atoms with Crippen LogP contribution in [0.3, 0.4) is 0 Å². The van der Waals surface area contributed by atoms with Crippen LogP contribution in [-0.2, 0) is 45.0 Å². The number of ether oxygens (including phenoxy) is 1. The molecule has 0 radical (unpaired) electrons. The van der Waals surface area contributed by atoms with Gasteiger partial charge >= 0.3 is 51.0 Å². The summed E-state index contributed by atoms with van der Waals surface area (Å²) in [6.45, 7) is 28.8. The van der Waals surface area contributed by atoms with E-state index in [9.17, 15) is 4.79 Å². The quantitative estimate of drug-likeness (QED) is 0.229. The fourth-order valence-corrected chi connectivity index (χ4v) is 8.86. The molecular formula is C29H38FeO6Si. The molecule has 0 aromatic heterocycles. The first-order valence-corrected chi connectivity index (χ1v) is 13.1. The molecule has 2 aromatic carbocycles. The molecule has 0 bridgehead atoms. The maximum atomic E-state index is 11.0. The molecule has 2 aromatic rings. The van der Waals surface area contributed by atoms with E-state index in [0.29, 0.717) is 6.61 Å². The second kappa shape index (κ2) is 23.0. The summed E-state index contributed by atoms with van der Waals surface area (Å²) in [5, 5.41) is 2.45. The van der Waals surface area contributed by atoms with Gasteiger partial charge in [0.25, 0.3) is 8.32 Å². The van der Waals surface area contributed by atoms with Crippen LogP contribution in [0.15, 0.2) is 60.7 Å². The topological polar surface area (TPSA) is 95.2 Å². The largest absolute Gasteiger partial charge is 2.00 e. The SMILES string of the molecule is CCC(C)[C@@H](O[C-]=O)[C@@H](C)CO[Si](c1ccccc1)(c1ccccc1)C(C)(C)C.[C-]#[O+].[C-]#[O+].[C-]#[O+].[CH3-].[Fe+2]. The standard InChI is InChI=1S/C25H35O3Si.3CO.CH3.Fe/c1-7-20(2)24(27-19-26)21(3)18-28-29(25(4,5)6,22-14-10-8-11-15-22)23-16-12-9-13-17-23;3*1-2;;/h8-17,20-21,24H,7,18H2,1-6H3;;;;1H3;/q-1;;;;-1;+2/t20?,21-,24+;;;;;/m0...../s1. The summed E-state index contributed by atoms with van der Waals surface area (Å²) in [6.07, 6.45) is 0.742. The molecule has 0 fully saturated rings. The monoisotopic (exact) mass is 566 g/mol. The molecule has 3 atom stereocenters. The minimum absolute atomic E-state index is 0. The van der Waals surface area contributed by atoms with Crippen molar-refractivity contribution in [2.24, 2.45) is 11.8 Å². The smallest absolute Gasteiger partial charge is 0.358 e. The van der Waals surface area contributed by atoms with Crippen molar-refractivity contribution in [3.8, 4) is 0 Å². The summed E-state index contributed by atoms with van der Waals surface area (Å²) in [5.41, 5.74) is 0. The van der Waals surface area contributed by atoms with Gasteiger partial charge in [0.15, 0.2) is 0 Å². The van der Waals surface area contributed by atoms with E-state index in [1.165, 1.54) is 10.4 Å². The Hall–Kier alpha value is -2.17. The molecule has 8 heteroatoms. The molecule has 2 rings (SSSR count). The predicted molar refractivity (Wildman–Crippen MR) is 141 cm³/mol. The normalized spacial score (nSPS) is 12.2. The molecule has 202 valence electrons. The van der Waals surface area contributed by atoms with Crippen molar-refractivity contribution in [2.75, 3.05) is 6.61 Å². The van der Waals surface area contributed by atoms with Crippen LogP contribution in [0.1, 0.15) is 48.0 Å². The minimum atomic E-state index is -2.58. The minimum Gasteiger partial charge on any atom is -0.358 e. The zero-order valence-electron chi connectivity index (χ0n) is 22.7. The second-order valence-electron chi connectivity index (χ2n) is 9.00. The Morgan fingerprint density at radius 1 is 0.838 bits per heavy atom. The second-order valence-corrected chi connectivity index (χ2v) is 13.3. The van der Waals surface area contributed by atoms with Gasteiger partial charge in [-0.3, -0.25) is 0 Å². The van der Waals surface area contributed by atoms with E-state index in [2.05, 4.69) is 110 Å². The molecule has 0 saturated carbocycles. The van der Waals surface area contributed by atoms with Crippen LogP contribution in [0.5, 0.6) is 0 Å². The van der Waals surface area contributed by atoms with E-state index >= 15 is 0 Å². The summed E-state index contributed by atoms with van der Waals surface area (Å²) in [6, 6.07) is 21.2. The molecule has 0 aliphatic carbocycles. The molecule has 0 spiro atoms. The summed E-state index contributed by atoms with van der Waals surface area (Å²) >= 11 is 0. The van der Waals surface area contributed by atoms with Crippen LogP contribution in [0, 0.1) is 39.2 Å². The Kier molecular flexibility index (Phi) is 26.0. The van der Waals surface area contributed by atoms with Gasteiger partial charge in [0.1, 0.15) is 0 Å². The fourth-order valence-electron chi connectivity index (χ4n) is 4.19. The molecular weight excluding hydrogens is 528 g/mol. The Bertz CT molecular complexity index is 824. The van der Waals surface area contributed by atoms with Crippen molar-refractivity contribution in [1.82, 2.24) is 0 Å². The van der Waals surface area contributed by atoms with Gasteiger partial charge in [0.2, 0.25) is 0 Å². The predicted octanol–water partition coefficient (Wildman–Crippen LogP) is 5.03.